The minimum atomic E-state index is -2.73. The molecule has 1 fully saturated rings. The highest BCUT2D eigenvalue weighted by Gasteiger charge is 2.64. The van der Waals surface area contributed by atoms with E-state index in [0.29, 0.717) is 5.56 Å². The number of aromatic hydroxyl groups is 1. The van der Waals surface area contributed by atoms with E-state index in [0.717, 1.165) is 0 Å². The van der Waals surface area contributed by atoms with Crippen molar-refractivity contribution in [3.8, 4) is 18.1 Å². The monoisotopic (exact) mass is 511 g/mol. The number of terminal acetylenes is 1. The Morgan fingerprint density at radius 1 is 1.27 bits per heavy atom. The Kier molecular flexibility index (Phi) is 6.23. The van der Waals surface area contributed by atoms with Crippen LogP contribution in [0.15, 0.2) is 29.0 Å². The van der Waals surface area contributed by atoms with Gasteiger partial charge in [0.1, 0.15) is 22.8 Å². The van der Waals surface area contributed by atoms with Crippen molar-refractivity contribution in [1.82, 2.24) is 4.90 Å². The summed E-state index contributed by atoms with van der Waals surface area (Å²) in [5.74, 6) is -5.41. The van der Waals surface area contributed by atoms with Crippen molar-refractivity contribution >= 4 is 35.0 Å². The van der Waals surface area contributed by atoms with Gasteiger partial charge in [-0.25, -0.2) is 4.79 Å². The molecule has 2 amide bonds. The molecule has 0 aliphatic heterocycles. The molecule has 0 radical (unpaired) electrons. The summed E-state index contributed by atoms with van der Waals surface area (Å²) in [7, 11) is 3.04. The van der Waals surface area contributed by atoms with E-state index in [9.17, 15) is 39.6 Å². The SMILES string of the molecule is C#CCOC(=O)Nc1ccc2c(c1O)C(O)=C1C(=O)[C@]3(O)C(O)=C(C(N)=O)C(=O)[C@H](N(C)C)[C@H]3C[C@@H]1C2. The minimum absolute atomic E-state index is 0.0229. The maximum Gasteiger partial charge on any atom is 0.412 e. The van der Waals surface area contributed by atoms with Crippen molar-refractivity contribution < 1.29 is 44.3 Å². The summed E-state index contributed by atoms with van der Waals surface area (Å²) in [5.41, 5.74) is 1.52. The molecule has 12 nitrogen and oxygen atoms in total. The topological polar surface area (TPSA) is 200 Å². The maximum atomic E-state index is 13.7. The Labute approximate surface area is 211 Å². The number of hydrogen-bond acceptors (Lipinski definition) is 10. The van der Waals surface area contributed by atoms with Crippen molar-refractivity contribution in [1.29, 1.82) is 0 Å². The zero-order valence-corrected chi connectivity index (χ0v) is 19.9. The van der Waals surface area contributed by atoms with Gasteiger partial charge in [0.05, 0.1) is 17.3 Å². The molecule has 4 rings (SSSR count). The van der Waals surface area contributed by atoms with E-state index in [-0.39, 0.29) is 36.3 Å². The third kappa shape index (κ3) is 3.71. The number of ketones is 2. The number of rotatable bonds is 4. The van der Waals surface area contributed by atoms with Gasteiger partial charge in [-0.2, -0.15) is 0 Å². The number of likely N-dealkylation sites (N-methyl/N-ethyl adjacent to an activating group) is 1. The maximum absolute atomic E-state index is 13.7. The highest BCUT2D eigenvalue weighted by molar-refractivity contribution is 6.24. The van der Waals surface area contributed by atoms with E-state index >= 15 is 0 Å². The molecule has 37 heavy (non-hydrogen) atoms. The molecule has 1 aromatic rings. The minimum Gasteiger partial charge on any atom is -0.508 e. The highest BCUT2D eigenvalue weighted by atomic mass is 16.5. The average molecular weight is 511 g/mol. The van der Waals surface area contributed by atoms with Crippen LogP contribution in [0.4, 0.5) is 10.5 Å². The summed E-state index contributed by atoms with van der Waals surface area (Å²) in [6.07, 6.45) is 4.19. The number of phenolic OH excluding ortho intramolecular Hbond substituents is 1. The number of carbonyl (C=O) groups excluding carboxylic acids is 4. The number of carbonyl (C=O) groups is 4. The van der Waals surface area contributed by atoms with Crippen molar-refractivity contribution in [2.45, 2.75) is 24.5 Å². The van der Waals surface area contributed by atoms with Crippen molar-refractivity contribution in [3.63, 3.8) is 0 Å². The number of aliphatic hydroxyl groups is 3. The smallest absolute Gasteiger partial charge is 0.412 e. The van der Waals surface area contributed by atoms with Crippen molar-refractivity contribution in [2.75, 3.05) is 26.0 Å². The Hall–Kier alpha value is -4.34. The number of benzene rings is 1. The molecule has 0 spiro atoms. The number of fused-ring (bicyclic) bond motifs is 3. The summed E-state index contributed by atoms with van der Waals surface area (Å²) in [6.45, 7) is -0.316. The van der Waals surface area contributed by atoms with Gasteiger partial charge in [-0.05, 0) is 44.5 Å². The third-order valence-electron chi connectivity index (χ3n) is 7.12. The fourth-order valence-corrected chi connectivity index (χ4v) is 5.57. The summed E-state index contributed by atoms with van der Waals surface area (Å²) in [4.78, 5) is 52.1. The second-order valence-corrected chi connectivity index (χ2v) is 9.36. The van der Waals surface area contributed by atoms with Crippen LogP contribution in [0, 0.1) is 24.2 Å². The molecule has 4 atom stereocenters. The molecule has 0 unspecified atom stereocenters. The zero-order chi connectivity index (χ0) is 27.4. The van der Waals surface area contributed by atoms with Crippen LogP contribution >= 0.6 is 0 Å². The van der Waals surface area contributed by atoms with Gasteiger partial charge in [-0.3, -0.25) is 24.6 Å². The number of aliphatic hydroxyl groups excluding tert-OH is 2. The number of nitrogens with one attached hydrogen (secondary N) is 1. The van der Waals surface area contributed by atoms with E-state index in [1.807, 2.05) is 0 Å². The second-order valence-electron chi connectivity index (χ2n) is 9.36. The average Bonchev–Trinajstić information content (AvgIpc) is 2.81. The highest BCUT2D eigenvalue weighted by Crippen LogP contribution is 2.53. The van der Waals surface area contributed by atoms with Gasteiger partial charge < -0.3 is 30.9 Å². The number of hydrogen-bond donors (Lipinski definition) is 6. The van der Waals surface area contributed by atoms with Gasteiger partial charge in [0.2, 0.25) is 5.78 Å². The molecule has 194 valence electrons. The second kappa shape index (κ2) is 8.95. The standard InChI is InChI=1S/C25H25N3O9/c1-4-7-37-24(35)27-13-6-5-10-8-11-9-12-17(28(2)3)20(31)16(23(26)34)22(33)25(12,36)21(32)15(11)19(30)14(10)18(13)29/h1,5-6,11-12,17,29-30,33,36H,7-9H2,2-3H3,(H2,26,34)(H,27,35)/t11-,12+,17+,25-/m0/s1. The number of amides is 2. The lowest BCUT2D eigenvalue weighted by Crippen LogP contribution is -2.65. The number of nitrogens with two attached hydrogens (primary N) is 1. The largest absolute Gasteiger partial charge is 0.508 e. The quantitative estimate of drug-likeness (QED) is 0.184. The number of anilines is 1. The fraction of sp³-hybridized carbons (Fsp3) is 0.360. The zero-order valence-electron chi connectivity index (χ0n) is 19.9. The van der Waals surface area contributed by atoms with Crippen LogP contribution in [0.3, 0.4) is 0 Å². The summed E-state index contributed by atoms with van der Waals surface area (Å²) in [5, 5.41) is 46.6. The molecule has 0 heterocycles. The molecular formula is C25H25N3O9. The van der Waals surface area contributed by atoms with Gasteiger partial charge >= 0.3 is 6.09 Å². The molecule has 7 N–H and O–H groups in total. The number of phenols is 1. The Morgan fingerprint density at radius 3 is 2.54 bits per heavy atom. The van der Waals surface area contributed by atoms with E-state index in [1.54, 1.807) is 0 Å². The van der Waals surface area contributed by atoms with E-state index in [4.69, 9.17) is 16.9 Å². The summed E-state index contributed by atoms with van der Waals surface area (Å²) >= 11 is 0. The summed E-state index contributed by atoms with van der Waals surface area (Å²) in [6, 6.07) is 1.75. The number of nitrogens with zero attached hydrogens (tertiary/aromatic N) is 1. The van der Waals surface area contributed by atoms with E-state index in [2.05, 4.69) is 11.2 Å². The van der Waals surface area contributed by atoms with Gasteiger partial charge in [0.15, 0.2) is 18.0 Å². The number of primary amides is 1. The van der Waals surface area contributed by atoms with Gasteiger partial charge in [0.25, 0.3) is 5.91 Å². The first-order valence-electron chi connectivity index (χ1n) is 11.2. The van der Waals surface area contributed by atoms with Crippen LogP contribution in [0.1, 0.15) is 17.5 Å². The molecule has 1 aromatic carbocycles. The van der Waals surface area contributed by atoms with Crippen LogP contribution in [0.5, 0.6) is 5.75 Å². The predicted octanol–water partition coefficient (Wildman–Crippen LogP) is 0.146. The third-order valence-corrected chi connectivity index (χ3v) is 7.12. The van der Waals surface area contributed by atoms with Crippen LogP contribution in [0.2, 0.25) is 0 Å². The molecule has 0 aromatic heterocycles. The Morgan fingerprint density at radius 2 is 1.95 bits per heavy atom. The number of ether oxygens (including phenoxy) is 1. The molecule has 1 saturated carbocycles. The van der Waals surface area contributed by atoms with Crippen LogP contribution in [-0.4, -0.2) is 81.2 Å². The molecular weight excluding hydrogens is 486 g/mol. The first-order chi connectivity index (χ1) is 17.4. The lowest BCUT2D eigenvalue weighted by molar-refractivity contribution is -0.153. The van der Waals surface area contributed by atoms with Crippen molar-refractivity contribution in [2.24, 2.45) is 17.6 Å². The molecule has 0 saturated heterocycles. The van der Waals surface area contributed by atoms with Gasteiger partial charge in [-0.1, -0.05) is 12.0 Å². The number of Topliss-reactive ketones (excluding diaryl/α,β-unsaturated/α-hetero) is 2. The fourth-order valence-electron chi connectivity index (χ4n) is 5.57. The first kappa shape index (κ1) is 25.7. The van der Waals surface area contributed by atoms with Gasteiger partial charge in [0, 0.05) is 11.5 Å². The van der Waals surface area contributed by atoms with E-state index in [1.165, 1.54) is 31.1 Å². The molecule has 0 bridgehead atoms. The van der Waals surface area contributed by atoms with Crippen molar-refractivity contribution in [3.05, 3.63) is 40.2 Å². The van der Waals surface area contributed by atoms with Crippen LogP contribution in [0.25, 0.3) is 5.76 Å². The van der Waals surface area contributed by atoms with E-state index < -0.39 is 69.9 Å². The lowest BCUT2D eigenvalue weighted by Gasteiger charge is -2.50. The Balaban J connectivity index is 1.85. The Bertz CT molecular complexity index is 1350. The molecule has 3 aliphatic carbocycles. The molecule has 12 heteroatoms. The lowest BCUT2D eigenvalue weighted by atomic mass is 9.57. The normalized spacial score (nSPS) is 26.7. The first-order valence-corrected chi connectivity index (χ1v) is 11.2. The predicted molar refractivity (Wildman–Crippen MR) is 128 cm³/mol. The van der Waals surface area contributed by atoms with Crippen LogP contribution < -0.4 is 11.1 Å². The van der Waals surface area contributed by atoms with Crippen LogP contribution in [-0.2, 0) is 25.5 Å². The summed E-state index contributed by atoms with van der Waals surface area (Å²) < 4.78 is 4.71. The van der Waals surface area contributed by atoms with Gasteiger partial charge in [-0.15, -0.1) is 6.42 Å². The molecule has 3 aliphatic rings.